The number of halogens is 1. The van der Waals surface area contributed by atoms with E-state index in [-0.39, 0.29) is 23.6 Å². The molecule has 0 aliphatic carbocycles. The monoisotopic (exact) mass is 497 g/mol. The number of benzene rings is 2. The molecule has 7 nitrogen and oxygen atoms in total. The van der Waals surface area contributed by atoms with Gasteiger partial charge in [0.05, 0.1) is 22.4 Å². The summed E-state index contributed by atoms with van der Waals surface area (Å²) in [5.41, 5.74) is 2.49. The first-order valence-corrected chi connectivity index (χ1v) is 12.7. The Hall–Kier alpha value is -2.84. The van der Waals surface area contributed by atoms with E-state index < -0.39 is 0 Å². The predicted octanol–water partition coefficient (Wildman–Crippen LogP) is 5.30. The number of thioether (sulfide) groups is 1. The minimum absolute atomic E-state index is 0.104. The summed E-state index contributed by atoms with van der Waals surface area (Å²) in [6.07, 6.45) is 1.69. The summed E-state index contributed by atoms with van der Waals surface area (Å²) >= 11 is 7.58. The largest absolute Gasteiger partial charge is 0.328 e. The molecule has 1 aliphatic rings. The normalized spacial score (nSPS) is 15.7. The van der Waals surface area contributed by atoms with Gasteiger partial charge in [-0.3, -0.25) is 9.59 Å². The smallest absolute Gasteiger partial charge is 0.255 e. The first-order valence-electron chi connectivity index (χ1n) is 11.3. The highest BCUT2D eigenvalue weighted by Gasteiger charge is 2.34. The standard InChI is InChI=1S/C25H28ClN5O2S/c1-16(2)17-10-12-18(13-11-17)27-22(32)15-34-25-29-28-23(30(25)3)21-9-6-14-31(21)24(33)19-7-4-5-8-20(19)26/h4-5,7-8,10-13,16,21H,6,9,14-15H2,1-3H3,(H,27,32). The van der Waals surface area contributed by atoms with Crippen molar-refractivity contribution in [3.05, 3.63) is 70.5 Å². The Kier molecular flexibility index (Phi) is 7.58. The third-order valence-corrected chi connectivity index (χ3v) is 7.33. The van der Waals surface area contributed by atoms with E-state index in [4.69, 9.17) is 11.6 Å². The lowest BCUT2D eigenvalue weighted by Gasteiger charge is -2.24. The molecule has 1 saturated heterocycles. The van der Waals surface area contributed by atoms with Gasteiger partial charge in [0.1, 0.15) is 0 Å². The van der Waals surface area contributed by atoms with Gasteiger partial charge in [0.15, 0.2) is 11.0 Å². The Balaban J connectivity index is 1.40. The lowest BCUT2D eigenvalue weighted by Crippen LogP contribution is -2.32. The summed E-state index contributed by atoms with van der Waals surface area (Å²) in [5.74, 6) is 1.16. The fraction of sp³-hybridized carbons (Fsp3) is 0.360. The number of hydrogen-bond donors (Lipinski definition) is 1. The molecule has 0 bridgehead atoms. The molecule has 0 spiro atoms. The van der Waals surface area contributed by atoms with Crippen LogP contribution < -0.4 is 5.32 Å². The van der Waals surface area contributed by atoms with Gasteiger partial charge in [0, 0.05) is 19.3 Å². The molecule has 1 fully saturated rings. The number of carbonyl (C=O) groups excluding carboxylic acids is 2. The van der Waals surface area contributed by atoms with Crippen LogP contribution in [-0.2, 0) is 11.8 Å². The zero-order chi connectivity index (χ0) is 24.2. The molecule has 2 amide bonds. The molecule has 0 saturated carbocycles. The number of aromatic nitrogens is 3. The lowest BCUT2D eigenvalue weighted by molar-refractivity contribution is -0.113. The molecule has 1 aliphatic heterocycles. The quantitative estimate of drug-likeness (QED) is 0.448. The molecule has 9 heteroatoms. The second-order valence-electron chi connectivity index (χ2n) is 8.65. The molecule has 1 N–H and O–H groups in total. The molecule has 34 heavy (non-hydrogen) atoms. The van der Waals surface area contributed by atoms with E-state index in [1.165, 1.54) is 17.3 Å². The Bertz CT molecular complexity index is 1180. The molecule has 1 aromatic heterocycles. The summed E-state index contributed by atoms with van der Waals surface area (Å²) in [6, 6.07) is 14.8. The number of amides is 2. The van der Waals surface area contributed by atoms with E-state index in [1.807, 2.05) is 52.9 Å². The van der Waals surface area contributed by atoms with Gasteiger partial charge >= 0.3 is 0 Å². The van der Waals surface area contributed by atoms with E-state index >= 15 is 0 Å². The molecule has 1 atom stereocenters. The number of rotatable bonds is 7. The summed E-state index contributed by atoms with van der Waals surface area (Å²) in [4.78, 5) is 27.4. The number of nitrogens with zero attached hydrogens (tertiary/aromatic N) is 4. The van der Waals surface area contributed by atoms with Crippen LogP contribution in [-0.4, -0.2) is 43.8 Å². The SMILES string of the molecule is CC(C)c1ccc(NC(=O)CSc2nnc(C3CCCN3C(=O)c3ccccc3Cl)n2C)cc1. The average Bonchev–Trinajstić information content (AvgIpc) is 3.44. The minimum Gasteiger partial charge on any atom is -0.328 e. The fourth-order valence-corrected chi connectivity index (χ4v) is 5.02. The van der Waals surface area contributed by atoms with Gasteiger partial charge in [0.25, 0.3) is 5.91 Å². The number of likely N-dealkylation sites (tertiary alicyclic amines) is 1. The highest BCUT2D eigenvalue weighted by atomic mass is 35.5. The van der Waals surface area contributed by atoms with E-state index in [1.54, 1.807) is 12.1 Å². The molecular formula is C25H28ClN5O2S. The second kappa shape index (κ2) is 10.6. The maximum absolute atomic E-state index is 13.1. The molecule has 2 aromatic carbocycles. The summed E-state index contributed by atoms with van der Waals surface area (Å²) in [7, 11) is 1.87. The van der Waals surface area contributed by atoms with Crippen LogP contribution in [0.3, 0.4) is 0 Å². The van der Waals surface area contributed by atoms with Crippen LogP contribution in [0.15, 0.2) is 53.7 Å². The van der Waals surface area contributed by atoms with Gasteiger partial charge in [-0.05, 0) is 48.6 Å². The Labute approximate surface area is 208 Å². The lowest BCUT2D eigenvalue weighted by atomic mass is 10.0. The van der Waals surface area contributed by atoms with Crippen molar-refractivity contribution in [2.24, 2.45) is 7.05 Å². The molecule has 4 rings (SSSR count). The summed E-state index contributed by atoms with van der Waals surface area (Å²) in [6.45, 7) is 4.91. The van der Waals surface area contributed by atoms with Gasteiger partial charge in [-0.2, -0.15) is 0 Å². The topological polar surface area (TPSA) is 80.1 Å². The van der Waals surface area contributed by atoms with E-state index in [0.29, 0.717) is 34.0 Å². The van der Waals surface area contributed by atoms with Gasteiger partial charge in [0.2, 0.25) is 5.91 Å². The van der Waals surface area contributed by atoms with Crippen molar-refractivity contribution < 1.29 is 9.59 Å². The molecule has 3 aromatic rings. The van der Waals surface area contributed by atoms with Crippen LogP contribution in [0.25, 0.3) is 0 Å². The Morgan fingerprint density at radius 2 is 1.88 bits per heavy atom. The van der Waals surface area contributed by atoms with Gasteiger partial charge in [-0.25, -0.2) is 0 Å². The number of anilines is 1. The molecule has 178 valence electrons. The minimum atomic E-state index is -0.177. The van der Waals surface area contributed by atoms with Crippen LogP contribution in [0, 0.1) is 0 Å². The third kappa shape index (κ3) is 5.28. The third-order valence-electron chi connectivity index (χ3n) is 5.98. The van der Waals surface area contributed by atoms with E-state index in [0.717, 1.165) is 18.5 Å². The maximum atomic E-state index is 13.1. The van der Waals surface area contributed by atoms with Crippen LogP contribution in [0.1, 0.15) is 60.4 Å². The van der Waals surface area contributed by atoms with Gasteiger partial charge in [-0.1, -0.05) is 61.5 Å². The average molecular weight is 498 g/mol. The van der Waals surface area contributed by atoms with Crippen molar-refractivity contribution in [3.8, 4) is 0 Å². The van der Waals surface area contributed by atoms with Gasteiger partial charge < -0.3 is 14.8 Å². The molecule has 2 heterocycles. The fourth-order valence-electron chi connectivity index (χ4n) is 4.09. The summed E-state index contributed by atoms with van der Waals surface area (Å²) in [5, 5.41) is 12.7. The van der Waals surface area contributed by atoms with E-state index in [2.05, 4.69) is 29.4 Å². The number of nitrogens with one attached hydrogen (secondary N) is 1. The van der Waals surface area contributed by atoms with E-state index in [9.17, 15) is 9.59 Å². The zero-order valence-electron chi connectivity index (χ0n) is 19.5. The van der Waals surface area contributed by atoms with Crippen molar-refractivity contribution in [2.45, 2.75) is 43.8 Å². The van der Waals surface area contributed by atoms with Crippen molar-refractivity contribution in [1.82, 2.24) is 19.7 Å². The van der Waals surface area contributed by atoms with Crippen molar-refractivity contribution in [1.29, 1.82) is 0 Å². The molecule has 0 radical (unpaired) electrons. The van der Waals surface area contributed by atoms with Crippen molar-refractivity contribution in [3.63, 3.8) is 0 Å². The van der Waals surface area contributed by atoms with Crippen LogP contribution in [0.4, 0.5) is 5.69 Å². The van der Waals surface area contributed by atoms with Crippen molar-refractivity contribution in [2.75, 3.05) is 17.6 Å². The number of hydrogen-bond acceptors (Lipinski definition) is 5. The first kappa shape index (κ1) is 24.3. The van der Waals surface area contributed by atoms with Crippen LogP contribution in [0.2, 0.25) is 5.02 Å². The van der Waals surface area contributed by atoms with Crippen molar-refractivity contribution >= 4 is 40.9 Å². The molecular weight excluding hydrogens is 470 g/mol. The molecule has 1 unspecified atom stereocenters. The summed E-state index contributed by atoms with van der Waals surface area (Å²) < 4.78 is 1.87. The maximum Gasteiger partial charge on any atom is 0.255 e. The second-order valence-corrected chi connectivity index (χ2v) is 10.00. The van der Waals surface area contributed by atoms with Crippen LogP contribution >= 0.6 is 23.4 Å². The Morgan fingerprint density at radius 1 is 1.15 bits per heavy atom. The highest BCUT2D eigenvalue weighted by Crippen LogP contribution is 2.34. The predicted molar refractivity (Wildman–Crippen MR) is 135 cm³/mol. The van der Waals surface area contributed by atoms with Gasteiger partial charge in [-0.15, -0.1) is 10.2 Å². The number of carbonyl (C=O) groups is 2. The van der Waals surface area contributed by atoms with Crippen LogP contribution in [0.5, 0.6) is 0 Å². The first-order chi connectivity index (χ1) is 16.3. The Morgan fingerprint density at radius 3 is 2.59 bits per heavy atom. The zero-order valence-corrected chi connectivity index (χ0v) is 21.1. The highest BCUT2D eigenvalue weighted by molar-refractivity contribution is 7.99.